The van der Waals surface area contributed by atoms with Gasteiger partial charge >= 0.3 is 6.01 Å². The van der Waals surface area contributed by atoms with Crippen molar-refractivity contribution in [3.8, 4) is 6.01 Å². The molecule has 1 atom stereocenters. The Morgan fingerprint density at radius 3 is 2.76 bits per heavy atom. The van der Waals surface area contributed by atoms with Crippen LogP contribution in [0, 0.1) is 0 Å². The van der Waals surface area contributed by atoms with Crippen LogP contribution in [-0.2, 0) is 0 Å². The van der Waals surface area contributed by atoms with Gasteiger partial charge in [-0.05, 0) is 39.5 Å². The molecule has 0 amide bonds. The minimum atomic E-state index is 0.416. The minimum absolute atomic E-state index is 0.416. The highest BCUT2D eigenvalue weighted by atomic mass is 16.5. The number of hydrogen-bond acceptors (Lipinski definition) is 6. The molecule has 0 radical (unpaired) electrons. The molecule has 1 aliphatic rings. The summed E-state index contributed by atoms with van der Waals surface area (Å²) in [5.74, 6) is 1.36. The van der Waals surface area contributed by atoms with Crippen molar-refractivity contribution in [2.24, 2.45) is 0 Å². The average molecular weight is 293 g/mol. The number of ether oxygens (including phenoxy) is 1. The van der Waals surface area contributed by atoms with Crippen LogP contribution >= 0.6 is 0 Å². The van der Waals surface area contributed by atoms with E-state index in [2.05, 4.69) is 32.1 Å². The number of piperidine rings is 1. The van der Waals surface area contributed by atoms with Gasteiger partial charge in [-0.1, -0.05) is 13.3 Å². The maximum atomic E-state index is 5.49. The molecule has 118 valence electrons. The van der Waals surface area contributed by atoms with Gasteiger partial charge in [0, 0.05) is 19.1 Å². The molecule has 1 N–H and O–H groups in total. The Labute approximate surface area is 127 Å². The Kier molecular flexibility index (Phi) is 6.02. The van der Waals surface area contributed by atoms with Crippen molar-refractivity contribution in [1.82, 2.24) is 15.0 Å². The highest BCUT2D eigenvalue weighted by molar-refractivity contribution is 5.39. The van der Waals surface area contributed by atoms with Gasteiger partial charge in [0.1, 0.15) is 0 Å². The lowest BCUT2D eigenvalue weighted by Crippen LogP contribution is -2.40. The van der Waals surface area contributed by atoms with Gasteiger partial charge in [-0.2, -0.15) is 15.0 Å². The smallest absolute Gasteiger partial charge is 0.323 e. The van der Waals surface area contributed by atoms with E-state index < -0.39 is 0 Å². The van der Waals surface area contributed by atoms with Crippen molar-refractivity contribution >= 4 is 11.9 Å². The van der Waals surface area contributed by atoms with Crippen LogP contribution in [0.2, 0.25) is 0 Å². The SMILES string of the molecule is CCCC1CCCCN1c1nc(NCC)nc(OCC)n1. The molecule has 21 heavy (non-hydrogen) atoms. The summed E-state index contributed by atoms with van der Waals surface area (Å²) in [5.41, 5.74) is 0. The summed E-state index contributed by atoms with van der Waals surface area (Å²) in [4.78, 5) is 15.7. The zero-order valence-electron chi connectivity index (χ0n) is 13.4. The van der Waals surface area contributed by atoms with Crippen molar-refractivity contribution in [2.75, 3.05) is 29.9 Å². The predicted octanol–water partition coefficient (Wildman–Crippen LogP) is 2.86. The Morgan fingerprint density at radius 2 is 2.05 bits per heavy atom. The summed E-state index contributed by atoms with van der Waals surface area (Å²) in [7, 11) is 0. The second-order valence-corrected chi connectivity index (χ2v) is 5.34. The second-order valence-electron chi connectivity index (χ2n) is 5.34. The van der Waals surface area contributed by atoms with Crippen molar-refractivity contribution in [2.45, 2.75) is 58.9 Å². The molecule has 0 aliphatic carbocycles. The molecule has 0 spiro atoms. The van der Waals surface area contributed by atoms with E-state index in [0.717, 1.165) is 19.0 Å². The molecule has 1 aliphatic heterocycles. The van der Waals surface area contributed by atoms with E-state index >= 15 is 0 Å². The molecule has 0 aromatic carbocycles. The van der Waals surface area contributed by atoms with E-state index in [1.807, 2.05) is 13.8 Å². The minimum Gasteiger partial charge on any atom is -0.464 e. The first kappa shape index (κ1) is 15.8. The van der Waals surface area contributed by atoms with Gasteiger partial charge in [-0.3, -0.25) is 0 Å². The number of anilines is 2. The van der Waals surface area contributed by atoms with Gasteiger partial charge in [0.05, 0.1) is 6.61 Å². The molecular weight excluding hydrogens is 266 g/mol. The number of nitrogens with one attached hydrogen (secondary N) is 1. The van der Waals surface area contributed by atoms with Gasteiger partial charge in [0.2, 0.25) is 11.9 Å². The van der Waals surface area contributed by atoms with Gasteiger partial charge in [-0.15, -0.1) is 0 Å². The summed E-state index contributed by atoms with van der Waals surface area (Å²) < 4.78 is 5.49. The average Bonchev–Trinajstić information content (AvgIpc) is 2.49. The molecule has 1 saturated heterocycles. The molecule has 6 heteroatoms. The summed E-state index contributed by atoms with van der Waals surface area (Å²) in [6.45, 7) is 8.57. The van der Waals surface area contributed by atoms with Crippen LogP contribution in [0.5, 0.6) is 6.01 Å². The quantitative estimate of drug-likeness (QED) is 0.834. The third-order valence-corrected chi connectivity index (χ3v) is 3.72. The maximum absolute atomic E-state index is 5.49. The van der Waals surface area contributed by atoms with Gasteiger partial charge in [0.15, 0.2) is 0 Å². The van der Waals surface area contributed by atoms with Crippen LogP contribution in [0.15, 0.2) is 0 Å². The molecule has 1 unspecified atom stereocenters. The Morgan fingerprint density at radius 1 is 1.19 bits per heavy atom. The van der Waals surface area contributed by atoms with Gasteiger partial charge in [0.25, 0.3) is 0 Å². The standard InChI is InChI=1S/C15H27N5O/c1-4-9-12-10-7-8-11-20(12)14-17-13(16-5-2)18-15(19-14)21-6-3/h12H,4-11H2,1-3H3,(H,16,17,18,19). The first-order valence-electron chi connectivity index (χ1n) is 8.17. The fraction of sp³-hybridized carbons (Fsp3) is 0.800. The van der Waals surface area contributed by atoms with Gasteiger partial charge in [-0.25, -0.2) is 0 Å². The van der Waals surface area contributed by atoms with Crippen LogP contribution in [0.25, 0.3) is 0 Å². The van der Waals surface area contributed by atoms with Crippen LogP contribution in [0.4, 0.5) is 11.9 Å². The summed E-state index contributed by atoms with van der Waals surface area (Å²) in [5, 5.41) is 3.16. The lowest BCUT2D eigenvalue weighted by molar-refractivity contribution is 0.311. The van der Waals surface area contributed by atoms with Crippen LogP contribution in [-0.4, -0.2) is 40.7 Å². The van der Waals surface area contributed by atoms with Crippen molar-refractivity contribution in [1.29, 1.82) is 0 Å². The predicted molar refractivity (Wildman–Crippen MR) is 85.1 cm³/mol. The zero-order chi connectivity index (χ0) is 15.1. The molecule has 0 saturated carbocycles. The summed E-state index contributed by atoms with van der Waals surface area (Å²) in [6.07, 6.45) is 6.09. The van der Waals surface area contributed by atoms with Crippen LogP contribution in [0.3, 0.4) is 0 Å². The fourth-order valence-electron chi connectivity index (χ4n) is 2.80. The molecule has 1 fully saturated rings. The van der Waals surface area contributed by atoms with Crippen molar-refractivity contribution in [3.05, 3.63) is 0 Å². The first-order chi connectivity index (χ1) is 10.3. The maximum Gasteiger partial charge on any atom is 0.323 e. The Bertz CT molecular complexity index is 414. The van der Waals surface area contributed by atoms with Crippen LogP contribution in [0.1, 0.15) is 52.9 Å². The van der Waals surface area contributed by atoms with Crippen LogP contribution < -0.4 is 15.0 Å². The Balaban J connectivity index is 2.26. The lowest BCUT2D eigenvalue weighted by Gasteiger charge is -2.35. The van der Waals surface area contributed by atoms with Crippen molar-refractivity contribution in [3.63, 3.8) is 0 Å². The number of hydrogen-bond donors (Lipinski definition) is 1. The summed E-state index contributed by atoms with van der Waals surface area (Å²) >= 11 is 0. The number of nitrogens with zero attached hydrogens (tertiary/aromatic N) is 4. The Hall–Kier alpha value is -1.59. The fourth-order valence-corrected chi connectivity index (χ4v) is 2.80. The third-order valence-electron chi connectivity index (χ3n) is 3.72. The molecule has 1 aromatic rings. The molecule has 0 bridgehead atoms. The molecule has 1 aromatic heterocycles. The first-order valence-corrected chi connectivity index (χ1v) is 8.17. The van der Waals surface area contributed by atoms with E-state index in [0.29, 0.717) is 24.6 Å². The number of aromatic nitrogens is 3. The second kappa shape index (κ2) is 8.00. The van der Waals surface area contributed by atoms with Gasteiger partial charge < -0.3 is 15.0 Å². The normalized spacial score (nSPS) is 18.6. The van der Waals surface area contributed by atoms with E-state index in [4.69, 9.17) is 4.74 Å². The molecule has 2 heterocycles. The molecule has 6 nitrogen and oxygen atoms in total. The highest BCUT2D eigenvalue weighted by Gasteiger charge is 2.25. The zero-order valence-corrected chi connectivity index (χ0v) is 13.4. The highest BCUT2D eigenvalue weighted by Crippen LogP contribution is 2.26. The molecule has 2 rings (SSSR count). The lowest BCUT2D eigenvalue weighted by atomic mass is 9.99. The topological polar surface area (TPSA) is 63.2 Å². The van der Waals surface area contributed by atoms with E-state index in [-0.39, 0.29) is 0 Å². The molecular formula is C15H27N5O. The largest absolute Gasteiger partial charge is 0.464 e. The monoisotopic (exact) mass is 293 g/mol. The number of rotatable bonds is 7. The van der Waals surface area contributed by atoms with Crippen molar-refractivity contribution < 1.29 is 4.74 Å². The van der Waals surface area contributed by atoms with E-state index in [1.54, 1.807) is 0 Å². The van der Waals surface area contributed by atoms with E-state index in [9.17, 15) is 0 Å². The third kappa shape index (κ3) is 4.19. The van der Waals surface area contributed by atoms with E-state index in [1.165, 1.54) is 32.1 Å². The summed E-state index contributed by atoms with van der Waals surface area (Å²) in [6, 6.07) is 0.953.